The molecule has 2 bridgehead atoms. The van der Waals surface area contributed by atoms with E-state index >= 15 is 0 Å². The maximum atomic E-state index is 11.9. The predicted octanol–water partition coefficient (Wildman–Crippen LogP) is 2.06. The number of rotatable bonds is 8. The van der Waals surface area contributed by atoms with Gasteiger partial charge >= 0.3 is 5.97 Å². The van der Waals surface area contributed by atoms with E-state index in [9.17, 15) is 9.59 Å². The summed E-state index contributed by atoms with van der Waals surface area (Å²) in [6, 6.07) is 0.149. The molecule has 0 aromatic heterocycles. The van der Waals surface area contributed by atoms with E-state index in [1.165, 1.54) is 25.7 Å². The number of ether oxygens (including phenoxy) is 2. The van der Waals surface area contributed by atoms with Gasteiger partial charge in [0.05, 0.1) is 6.61 Å². The van der Waals surface area contributed by atoms with Crippen LogP contribution in [-0.4, -0.2) is 37.2 Å². The van der Waals surface area contributed by atoms with Crippen LogP contribution >= 0.6 is 0 Å². The van der Waals surface area contributed by atoms with Gasteiger partial charge in [0, 0.05) is 6.04 Å². The number of carbonyl (C=O) groups excluding carboxylic acids is 2. The standard InChI is InChI=1S/C17H27NO4/c1-4-7-21-12(3)17(20)22-10-16(19)18-11(2)15-9-13-5-6-14(15)8-13/h4,11-15H,1,5-10H2,2-3H3,(H,18,19). The zero-order valence-electron chi connectivity index (χ0n) is 13.5. The molecule has 22 heavy (non-hydrogen) atoms. The Morgan fingerprint density at radius 2 is 2.09 bits per heavy atom. The quantitative estimate of drug-likeness (QED) is 0.550. The van der Waals surface area contributed by atoms with Gasteiger partial charge in [0.2, 0.25) is 0 Å². The van der Waals surface area contributed by atoms with Crippen molar-refractivity contribution in [2.24, 2.45) is 17.8 Å². The van der Waals surface area contributed by atoms with Gasteiger partial charge in [-0.2, -0.15) is 0 Å². The highest BCUT2D eigenvalue weighted by Crippen LogP contribution is 2.49. The molecule has 0 heterocycles. The zero-order valence-corrected chi connectivity index (χ0v) is 13.5. The molecule has 2 aliphatic carbocycles. The Labute approximate surface area is 132 Å². The monoisotopic (exact) mass is 309 g/mol. The Bertz CT molecular complexity index is 423. The summed E-state index contributed by atoms with van der Waals surface area (Å²) in [6.45, 7) is 7.20. The number of hydrogen-bond donors (Lipinski definition) is 1. The fraction of sp³-hybridized carbons (Fsp3) is 0.765. The Balaban J connectivity index is 1.67. The van der Waals surface area contributed by atoms with Crippen molar-refractivity contribution >= 4 is 11.9 Å². The summed E-state index contributed by atoms with van der Waals surface area (Å²) in [4.78, 5) is 23.6. The van der Waals surface area contributed by atoms with Crippen LogP contribution in [0, 0.1) is 17.8 Å². The van der Waals surface area contributed by atoms with Gasteiger partial charge in [-0.1, -0.05) is 12.5 Å². The van der Waals surface area contributed by atoms with Crippen LogP contribution in [0.2, 0.25) is 0 Å². The molecule has 0 spiro atoms. The van der Waals surface area contributed by atoms with Crippen molar-refractivity contribution in [2.45, 2.75) is 51.7 Å². The summed E-state index contributed by atoms with van der Waals surface area (Å²) in [5.41, 5.74) is 0. The Morgan fingerprint density at radius 3 is 2.68 bits per heavy atom. The summed E-state index contributed by atoms with van der Waals surface area (Å²) in [6.07, 6.45) is 6.06. The third kappa shape index (κ3) is 4.32. The number of amides is 1. The van der Waals surface area contributed by atoms with Crippen molar-refractivity contribution < 1.29 is 19.1 Å². The number of hydrogen-bond acceptors (Lipinski definition) is 4. The predicted molar refractivity (Wildman–Crippen MR) is 83.1 cm³/mol. The van der Waals surface area contributed by atoms with Crippen LogP contribution in [0.1, 0.15) is 39.5 Å². The fourth-order valence-electron chi connectivity index (χ4n) is 3.84. The van der Waals surface area contributed by atoms with Gasteiger partial charge in [0.25, 0.3) is 5.91 Å². The van der Waals surface area contributed by atoms with Crippen molar-refractivity contribution in [1.29, 1.82) is 0 Å². The second-order valence-corrected chi connectivity index (χ2v) is 6.57. The number of esters is 1. The molecule has 0 aliphatic heterocycles. The number of fused-ring (bicyclic) bond motifs is 2. The maximum absolute atomic E-state index is 11.9. The van der Waals surface area contributed by atoms with E-state index in [0.717, 1.165) is 11.8 Å². The van der Waals surface area contributed by atoms with Gasteiger partial charge < -0.3 is 14.8 Å². The Kier molecular flexibility index (Phi) is 6.00. The molecule has 2 rings (SSSR count). The van der Waals surface area contributed by atoms with Crippen LogP contribution in [0.3, 0.4) is 0 Å². The minimum atomic E-state index is -0.686. The molecule has 2 aliphatic rings. The molecule has 5 nitrogen and oxygen atoms in total. The van der Waals surface area contributed by atoms with Gasteiger partial charge in [0.15, 0.2) is 12.7 Å². The molecule has 5 unspecified atom stereocenters. The molecule has 2 saturated carbocycles. The fourth-order valence-corrected chi connectivity index (χ4v) is 3.84. The van der Waals surface area contributed by atoms with E-state index in [1.807, 2.05) is 0 Å². The van der Waals surface area contributed by atoms with Gasteiger partial charge in [-0.25, -0.2) is 4.79 Å². The van der Waals surface area contributed by atoms with E-state index in [1.54, 1.807) is 13.0 Å². The lowest BCUT2D eigenvalue weighted by Crippen LogP contribution is -2.42. The molecule has 124 valence electrons. The molecule has 0 radical (unpaired) electrons. The third-order valence-corrected chi connectivity index (χ3v) is 4.97. The number of nitrogens with one attached hydrogen (secondary N) is 1. The lowest BCUT2D eigenvalue weighted by molar-refractivity contribution is -0.158. The molecule has 0 aromatic carbocycles. The van der Waals surface area contributed by atoms with Crippen LogP contribution in [0.15, 0.2) is 12.7 Å². The molecule has 0 aromatic rings. The van der Waals surface area contributed by atoms with Crippen molar-refractivity contribution in [2.75, 3.05) is 13.2 Å². The lowest BCUT2D eigenvalue weighted by Gasteiger charge is -2.28. The van der Waals surface area contributed by atoms with Crippen LogP contribution in [-0.2, 0) is 19.1 Å². The van der Waals surface area contributed by atoms with Crippen molar-refractivity contribution in [3.63, 3.8) is 0 Å². The van der Waals surface area contributed by atoms with E-state index < -0.39 is 12.1 Å². The van der Waals surface area contributed by atoms with Crippen molar-refractivity contribution in [3.8, 4) is 0 Å². The first-order chi connectivity index (χ1) is 10.5. The average molecular weight is 309 g/mol. The second-order valence-electron chi connectivity index (χ2n) is 6.57. The van der Waals surface area contributed by atoms with Crippen LogP contribution in [0.25, 0.3) is 0 Å². The SMILES string of the molecule is C=CCOC(C)C(=O)OCC(=O)NC(C)C1CC2CCC1C2. The summed E-state index contributed by atoms with van der Waals surface area (Å²) in [7, 11) is 0. The Hall–Kier alpha value is -1.36. The lowest BCUT2D eigenvalue weighted by atomic mass is 9.84. The normalized spacial score (nSPS) is 28.9. The summed E-state index contributed by atoms with van der Waals surface area (Å²) in [5.74, 6) is 1.43. The van der Waals surface area contributed by atoms with Gasteiger partial charge in [-0.15, -0.1) is 6.58 Å². The highest BCUT2D eigenvalue weighted by Gasteiger charge is 2.42. The molecule has 2 fully saturated rings. The third-order valence-electron chi connectivity index (χ3n) is 4.97. The first-order valence-corrected chi connectivity index (χ1v) is 8.19. The van der Waals surface area contributed by atoms with Crippen LogP contribution in [0.5, 0.6) is 0 Å². The molecule has 5 atom stereocenters. The summed E-state index contributed by atoms with van der Waals surface area (Å²) < 4.78 is 10.1. The highest BCUT2D eigenvalue weighted by molar-refractivity contribution is 5.82. The molecule has 5 heteroatoms. The van der Waals surface area contributed by atoms with Crippen LogP contribution < -0.4 is 5.32 Å². The van der Waals surface area contributed by atoms with E-state index in [4.69, 9.17) is 9.47 Å². The largest absolute Gasteiger partial charge is 0.454 e. The topological polar surface area (TPSA) is 64.6 Å². The number of carbonyl (C=O) groups is 2. The highest BCUT2D eigenvalue weighted by atomic mass is 16.6. The first kappa shape index (κ1) is 17.0. The van der Waals surface area contributed by atoms with Crippen molar-refractivity contribution in [1.82, 2.24) is 5.32 Å². The molecule has 1 amide bonds. The molecular formula is C17H27NO4. The maximum Gasteiger partial charge on any atom is 0.335 e. The van der Waals surface area contributed by atoms with E-state index in [2.05, 4.69) is 18.8 Å². The van der Waals surface area contributed by atoms with Gasteiger partial charge in [-0.05, 0) is 50.9 Å². The average Bonchev–Trinajstić information content (AvgIpc) is 3.13. The molecular weight excluding hydrogens is 282 g/mol. The van der Waals surface area contributed by atoms with Gasteiger partial charge in [-0.3, -0.25) is 4.79 Å². The summed E-state index contributed by atoms with van der Waals surface area (Å²) in [5, 5.41) is 2.97. The van der Waals surface area contributed by atoms with E-state index in [-0.39, 0.29) is 25.2 Å². The smallest absolute Gasteiger partial charge is 0.335 e. The molecule has 0 saturated heterocycles. The summed E-state index contributed by atoms with van der Waals surface area (Å²) >= 11 is 0. The van der Waals surface area contributed by atoms with Crippen molar-refractivity contribution in [3.05, 3.63) is 12.7 Å². The minimum absolute atomic E-state index is 0.149. The Morgan fingerprint density at radius 1 is 1.32 bits per heavy atom. The van der Waals surface area contributed by atoms with E-state index in [0.29, 0.717) is 5.92 Å². The molecule has 1 N–H and O–H groups in total. The second kappa shape index (κ2) is 7.77. The van der Waals surface area contributed by atoms with Gasteiger partial charge in [0.1, 0.15) is 0 Å². The minimum Gasteiger partial charge on any atom is -0.454 e. The first-order valence-electron chi connectivity index (χ1n) is 8.19. The van der Waals surface area contributed by atoms with Crippen LogP contribution in [0.4, 0.5) is 0 Å². The zero-order chi connectivity index (χ0) is 16.1.